The molecule has 0 atom stereocenters. The predicted molar refractivity (Wildman–Crippen MR) is 101 cm³/mol. The molecular weight excluding hydrogens is 358 g/mol. The molecule has 25 heavy (non-hydrogen) atoms. The van der Waals surface area contributed by atoms with Crippen LogP contribution >= 0.6 is 23.2 Å². The Labute approximate surface area is 154 Å². The second kappa shape index (κ2) is 6.51. The molecule has 0 saturated heterocycles. The quantitative estimate of drug-likeness (QED) is 0.419. The Morgan fingerprint density at radius 3 is 2.52 bits per heavy atom. The van der Waals surface area contributed by atoms with Gasteiger partial charge in [0, 0.05) is 21.2 Å². The first kappa shape index (κ1) is 16.1. The van der Waals surface area contributed by atoms with E-state index in [1.54, 1.807) is 12.1 Å². The SMILES string of the molecule is Fc1cccc(Cl)c1Cn1c(-c2cccc(Cl)c2)nc2ccccc21. The van der Waals surface area contributed by atoms with E-state index < -0.39 is 0 Å². The van der Waals surface area contributed by atoms with Crippen molar-refractivity contribution in [3.05, 3.63) is 88.2 Å². The summed E-state index contributed by atoms with van der Waals surface area (Å²) in [5.74, 6) is 0.394. The van der Waals surface area contributed by atoms with Crippen LogP contribution in [0, 0.1) is 5.82 Å². The van der Waals surface area contributed by atoms with Gasteiger partial charge in [0.2, 0.25) is 0 Å². The summed E-state index contributed by atoms with van der Waals surface area (Å²) in [5, 5.41) is 1.02. The van der Waals surface area contributed by atoms with E-state index in [9.17, 15) is 4.39 Å². The molecule has 1 heterocycles. The number of rotatable bonds is 3. The topological polar surface area (TPSA) is 17.8 Å². The van der Waals surface area contributed by atoms with Gasteiger partial charge in [0.15, 0.2) is 0 Å². The Bertz CT molecular complexity index is 1050. The molecule has 2 nitrogen and oxygen atoms in total. The molecule has 0 unspecified atom stereocenters. The number of para-hydroxylation sites is 2. The number of hydrogen-bond donors (Lipinski definition) is 0. The molecule has 0 radical (unpaired) electrons. The minimum Gasteiger partial charge on any atom is -0.319 e. The Hall–Kier alpha value is -2.36. The molecule has 5 heteroatoms. The maximum absolute atomic E-state index is 14.3. The van der Waals surface area contributed by atoms with Crippen molar-refractivity contribution >= 4 is 34.2 Å². The number of benzene rings is 3. The zero-order valence-corrected chi connectivity index (χ0v) is 14.6. The molecule has 0 aliphatic heterocycles. The largest absolute Gasteiger partial charge is 0.319 e. The molecule has 0 spiro atoms. The van der Waals surface area contributed by atoms with Gasteiger partial charge in [0.05, 0.1) is 17.6 Å². The summed E-state index contributed by atoms with van der Waals surface area (Å²) in [6.45, 7) is 0.286. The van der Waals surface area contributed by atoms with Gasteiger partial charge in [-0.2, -0.15) is 0 Å². The van der Waals surface area contributed by atoms with Crippen molar-refractivity contribution in [2.24, 2.45) is 0 Å². The fraction of sp³-hybridized carbons (Fsp3) is 0.0500. The number of halogens is 3. The number of fused-ring (bicyclic) bond motifs is 1. The zero-order chi connectivity index (χ0) is 17.4. The summed E-state index contributed by atoms with van der Waals surface area (Å²) < 4.78 is 16.3. The van der Waals surface area contributed by atoms with Gasteiger partial charge in [-0.3, -0.25) is 0 Å². The van der Waals surface area contributed by atoms with Crippen LogP contribution in [-0.2, 0) is 6.54 Å². The summed E-state index contributed by atoms with van der Waals surface area (Å²) >= 11 is 12.4. The van der Waals surface area contributed by atoms with E-state index in [4.69, 9.17) is 28.2 Å². The third-order valence-corrected chi connectivity index (χ3v) is 4.70. The zero-order valence-electron chi connectivity index (χ0n) is 13.1. The lowest BCUT2D eigenvalue weighted by Crippen LogP contribution is -2.05. The van der Waals surface area contributed by atoms with Gasteiger partial charge in [-0.05, 0) is 36.4 Å². The number of nitrogens with zero attached hydrogens (tertiary/aromatic N) is 2. The third-order valence-electron chi connectivity index (χ3n) is 4.12. The predicted octanol–water partition coefficient (Wildman–Crippen LogP) is 6.20. The van der Waals surface area contributed by atoms with E-state index in [1.807, 2.05) is 53.1 Å². The summed E-state index contributed by atoms with van der Waals surface area (Å²) in [4.78, 5) is 4.72. The van der Waals surface area contributed by atoms with Crippen LogP contribution in [0.3, 0.4) is 0 Å². The molecule has 4 rings (SSSR count). The Kier molecular flexibility index (Phi) is 4.20. The van der Waals surface area contributed by atoms with Crippen LogP contribution in [0.1, 0.15) is 5.56 Å². The van der Waals surface area contributed by atoms with E-state index in [1.165, 1.54) is 6.07 Å². The molecule has 0 aliphatic rings. The standard InChI is InChI=1S/C20H13Cl2FN2/c21-14-6-3-5-13(11-14)20-24-18-9-1-2-10-19(18)25(20)12-15-16(22)7-4-8-17(15)23/h1-11H,12H2. The minimum atomic E-state index is -0.331. The van der Waals surface area contributed by atoms with Gasteiger partial charge in [-0.25, -0.2) is 9.37 Å². The highest BCUT2D eigenvalue weighted by Crippen LogP contribution is 2.29. The molecule has 0 saturated carbocycles. The van der Waals surface area contributed by atoms with Crippen LogP contribution in [0.4, 0.5) is 4.39 Å². The van der Waals surface area contributed by atoms with Crippen LogP contribution in [0.5, 0.6) is 0 Å². The molecule has 4 aromatic rings. The maximum atomic E-state index is 14.3. The van der Waals surface area contributed by atoms with Crippen LogP contribution in [0.2, 0.25) is 10.0 Å². The number of aromatic nitrogens is 2. The molecule has 0 bridgehead atoms. The first-order valence-electron chi connectivity index (χ1n) is 7.77. The molecule has 0 N–H and O–H groups in total. The molecule has 0 aliphatic carbocycles. The lowest BCUT2D eigenvalue weighted by molar-refractivity contribution is 0.602. The summed E-state index contributed by atoms with van der Waals surface area (Å²) in [7, 11) is 0. The molecule has 124 valence electrons. The van der Waals surface area contributed by atoms with E-state index in [0.717, 1.165) is 22.4 Å². The van der Waals surface area contributed by atoms with Crippen molar-refractivity contribution in [2.45, 2.75) is 6.54 Å². The van der Waals surface area contributed by atoms with Crippen molar-refractivity contribution in [1.29, 1.82) is 0 Å². The molecule has 1 aromatic heterocycles. The van der Waals surface area contributed by atoms with Gasteiger partial charge in [0.1, 0.15) is 11.6 Å². The third kappa shape index (κ3) is 3.01. The highest BCUT2D eigenvalue weighted by Gasteiger charge is 2.16. The van der Waals surface area contributed by atoms with Gasteiger partial charge >= 0.3 is 0 Å². The van der Waals surface area contributed by atoms with Crippen LogP contribution in [0.15, 0.2) is 66.7 Å². The fourth-order valence-corrected chi connectivity index (χ4v) is 3.34. The van der Waals surface area contributed by atoms with Crippen LogP contribution in [0.25, 0.3) is 22.4 Å². The normalized spacial score (nSPS) is 11.2. The Morgan fingerprint density at radius 2 is 1.72 bits per heavy atom. The first-order chi connectivity index (χ1) is 12.1. The smallest absolute Gasteiger partial charge is 0.141 e. The van der Waals surface area contributed by atoms with Crippen molar-refractivity contribution < 1.29 is 4.39 Å². The van der Waals surface area contributed by atoms with E-state index in [-0.39, 0.29) is 12.4 Å². The first-order valence-corrected chi connectivity index (χ1v) is 8.53. The highest BCUT2D eigenvalue weighted by atomic mass is 35.5. The molecule has 3 aromatic carbocycles. The Balaban J connectivity index is 1.94. The maximum Gasteiger partial charge on any atom is 0.141 e. The van der Waals surface area contributed by atoms with Crippen molar-refractivity contribution in [3.8, 4) is 11.4 Å². The number of hydrogen-bond acceptors (Lipinski definition) is 1. The lowest BCUT2D eigenvalue weighted by Gasteiger charge is -2.12. The number of imidazole rings is 1. The van der Waals surface area contributed by atoms with Crippen molar-refractivity contribution in [1.82, 2.24) is 9.55 Å². The molecule has 0 amide bonds. The average Bonchev–Trinajstić information content (AvgIpc) is 2.97. The summed E-state index contributed by atoms with van der Waals surface area (Å²) in [6.07, 6.45) is 0. The van der Waals surface area contributed by atoms with Gasteiger partial charge in [-0.15, -0.1) is 0 Å². The Morgan fingerprint density at radius 1 is 0.920 bits per heavy atom. The summed E-state index contributed by atoms with van der Waals surface area (Å²) in [5.41, 5.74) is 3.06. The second-order valence-electron chi connectivity index (χ2n) is 5.72. The molecule has 0 fully saturated rings. The van der Waals surface area contributed by atoms with Gasteiger partial charge < -0.3 is 4.57 Å². The van der Waals surface area contributed by atoms with Crippen molar-refractivity contribution in [2.75, 3.05) is 0 Å². The van der Waals surface area contributed by atoms with Gasteiger partial charge in [-0.1, -0.05) is 53.5 Å². The lowest BCUT2D eigenvalue weighted by atomic mass is 10.1. The van der Waals surface area contributed by atoms with Crippen LogP contribution < -0.4 is 0 Å². The van der Waals surface area contributed by atoms with Crippen molar-refractivity contribution in [3.63, 3.8) is 0 Å². The fourth-order valence-electron chi connectivity index (χ4n) is 2.93. The monoisotopic (exact) mass is 370 g/mol. The minimum absolute atomic E-state index is 0.286. The van der Waals surface area contributed by atoms with E-state index >= 15 is 0 Å². The second-order valence-corrected chi connectivity index (χ2v) is 6.56. The summed E-state index contributed by atoms with van der Waals surface area (Å²) in [6, 6.07) is 19.9. The van der Waals surface area contributed by atoms with Crippen LogP contribution in [-0.4, -0.2) is 9.55 Å². The van der Waals surface area contributed by atoms with E-state index in [0.29, 0.717) is 15.6 Å². The van der Waals surface area contributed by atoms with Gasteiger partial charge in [0.25, 0.3) is 0 Å². The highest BCUT2D eigenvalue weighted by molar-refractivity contribution is 6.31. The van der Waals surface area contributed by atoms with E-state index in [2.05, 4.69) is 0 Å². The molecular formula is C20H13Cl2FN2. The average molecular weight is 371 g/mol.